The van der Waals surface area contributed by atoms with Gasteiger partial charge in [0.05, 0.1) is 12.2 Å². The predicted molar refractivity (Wildman–Crippen MR) is 125 cm³/mol. The van der Waals surface area contributed by atoms with Gasteiger partial charge in [0.25, 0.3) is 5.56 Å². The van der Waals surface area contributed by atoms with Crippen molar-refractivity contribution in [1.29, 1.82) is 0 Å². The van der Waals surface area contributed by atoms with Crippen LogP contribution in [0.1, 0.15) is 57.0 Å². The molecule has 0 bridgehead atoms. The summed E-state index contributed by atoms with van der Waals surface area (Å²) in [5.74, 6) is -0.755. The van der Waals surface area contributed by atoms with Crippen LogP contribution in [0.25, 0.3) is 16.8 Å². The minimum Gasteiger partial charge on any atom is -0.462 e. The Balaban J connectivity index is 0.000000884. The molecule has 166 valence electrons. The average molecular weight is 426 g/mol. The monoisotopic (exact) mass is 425 g/mol. The Morgan fingerprint density at radius 3 is 2.19 bits per heavy atom. The zero-order valence-electron chi connectivity index (χ0n) is 19.2. The first-order valence-corrected chi connectivity index (χ1v) is 10.7. The van der Waals surface area contributed by atoms with Crippen LogP contribution < -0.4 is 5.56 Å². The second kappa shape index (κ2) is 13.2. The molecule has 0 spiro atoms. The molecule has 0 unspecified atom stereocenters. The number of carbonyl (C=O) groups is 1. The normalized spacial score (nSPS) is 9.65. The van der Waals surface area contributed by atoms with E-state index in [1.54, 1.807) is 49.5 Å². The van der Waals surface area contributed by atoms with Gasteiger partial charge in [0, 0.05) is 23.5 Å². The number of hydrogen-bond acceptors (Lipinski definition) is 3. The number of aromatic nitrogens is 1. The van der Waals surface area contributed by atoms with E-state index in [4.69, 9.17) is 4.74 Å². The topological polar surface area (TPSA) is 48.3 Å². The molecule has 3 rings (SSSR count). The molecule has 0 N–H and O–H groups in total. The quantitative estimate of drug-likeness (QED) is 0.444. The summed E-state index contributed by atoms with van der Waals surface area (Å²) in [5, 5.41) is 0. The molecule has 2 aromatic carbocycles. The fraction of sp³-hybridized carbons (Fsp3) is 0.308. The lowest BCUT2D eigenvalue weighted by Gasteiger charge is -2.12. The minimum atomic E-state index is -0.437. The summed E-state index contributed by atoms with van der Waals surface area (Å²) < 4.78 is 19.7. The van der Waals surface area contributed by atoms with E-state index in [0.29, 0.717) is 11.3 Å². The molecule has 0 atom stereocenters. The van der Waals surface area contributed by atoms with Gasteiger partial charge in [-0.15, -0.1) is 0 Å². The first kappa shape index (κ1) is 25.8. The largest absolute Gasteiger partial charge is 0.462 e. The standard InChI is InChI=1S/C21H18FNO3.C3H8.C2H6/c1-3-26-21(25)16-5-4-6-18(12-16)23-13-19(14(2)11-20(23)24)15-7-9-17(22)10-8-15;1-3-2;1-2/h4-13H,3H2,1-2H3;3H2,1-2H3;1-2H3. The maximum absolute atomic E-state index is 13.2. The van der Waals surface area contributed by atoms with E-state index in [0.717, 1.165) is 16.7 Å². The number of aryl methyl sites for hydroxylation is 1. The number of benzene rings is 2. The highest BCUT2D eigenvalue weighted by molar-refractivity contribution is 5.90. The zero-order valence-corrected chi connectivity index (χ0v) is 19.2. The molecule has 3 aromatic rings. The molecule has 0 fully saturated rings. The number of hydrogen-bond donors (Lipinski definition) is 0. The molecule has 0 amide bonds. The van der Waals surface area contributed by atoms with E-state index in [1.165, 1.54) is 29.2 Å². The lowest BCUT2D eigenvalue weighted by atomic mass is 10.0. The van der Waals surface area contributed by atoms with Crippen LogP contribution in [0.15, 0.2) is 65.6 Å². The molecule has 4 nitrogen and oxygen atoms in total. The number of ether oxygens (including phenoxy) is 1. The number of nitrogens with zero attached hydrogens (tertiary/aromatic N) is 1. The van der Waals surface area contributed by atoms with Crippen LogP contribution in [-0.2, 0) is 4.74 Å². The van der Waals surface area contributed by atoms with E-state index >= 15 is 0 Å². The van der Waals surface area contributed by atoms with Gasteiger partial charge in [0.1, 0.15) is 5.82 Å². The minimum absolute atomic E-state index is 0.214. The van der Waals surface area contributed by atoms with Gasteiger partial charge in [0.15, 0.2) is 0 Å². The van der Waals surface area contributed by atoms with Gasteiger partial charge in [0.2, 0.25) is 0 Å². The fourth-order valence-electron chi connectivity index (χ4n) is 2.76. The Kier molecular flexibility index (Phi) is 11.0. The second-order valence-corrected chi connectivity index (χ2v) is 6.56. The molecule has 0 aliphatic rings. The molecule has 0 saturated heterocycles. The van der Waals surface area contributed by atoms with Gasteiger partial charge in [-0.3, -0.25) is 9.36 Å². The van der Waals surface area contributed by atoms with Crippen molar-refractivity contribution >= 4 is 5.97 Å². The maximum atomic E-state index is 13.2. The maximum Gasteiger partial charge on any atom is 0.338 e. The van der Waals surface area contributed by atoms with Crippen LogP contribution in [0.5, 0.6) is 0 Å². The van der Waals surface area contributed by atoms with Crippen molar-refractivity contribution in [2.24, 2.45) is 0 Å². The van der Waals surface area contributed by atoms with Crippen LogP contribution in [0.4, 0.5) is 4.39 Å². The van der Waals surface area contributed by atoms with Crippen LogP contribution in [-0.4, -0.2) is 17.1 Å². The third kappa shape index (κ3) is 7.21. The molecular weight excluding hydrogens is 393 g/mol. The lowest BCUT2D eigenvalue weighted by molar-refractivity contribution is 0.0526. The van der Waals surface area contributed by atoms with Crippen molar-refractivity contribution in [2.75, 3.05) is 6.61 Å². The van der Waals surface area contributed by atoms with Gasteiger partial charge in [-0.2, -0.15) is 0 Å². The number of esters is 1. The predicted octanol–water partition coefficient (Wildman–Crippen LogP) is 6.57. The molecule has 5 heteroatoms. The van der Waals surface area contributed by atoms with E-state index in [1.807, 2.05) is 20.8 Å². The summed E-state index contributed by atoms with van der Waals surface area (Å²) in [6, 6.07) is 14.3. The third-order valence-corrected chi connectivity index (χ3v) is 4.05. The van der Waals surface area contributed by atoms with Crippen molar-refractivity contribution in [1.82, 2.24) is 4.57 Å². The van der Waals surface area contributed by atoms with Gasteiger partial charge >= 0.3 is 5.97 Å². The first-order chi connectivity index (χ1) is 14.9. The SMILES string of the molecule is CC.CCC.CCOC(=O)c1cccc(-n2cc(-c3ccc(F)cc3)c(C)cc2=O)c1. The lowest BCUT2D eigenvalue weighted by Crippen LogP contribution is -2.18. The average Bonchev–Trinajstić information content (AvgIpc) is 2.77. The molecule has 0 radical (unpaired) electrons. The Morgan fingerprint density at radius 2 is 1.61 bits per heavy atom. The summed E-state index contributed by atoms with van der Waals surface area (Å²) >= 11 is 0. The summed E-state index contributed by atoms with van der Waals surface area (Å²) in [7, 11) is 0. The Bertz CT molecular complexity index is 1020. The highest BCUT2D eigenvalue weighted by Gasteiger charge is 2.11. The van der Waals surface area contributed by atoms with Gasteiger partial charge < -0.3 is 4.74 Å². The summed E-state index contributed by atoms with van der Waals surface area (Å²) in [6.45, 7) is 12.1. The van der Waals surface area contributed by atoms with Crippen LogP contribution in [0, 0.1) is 12.7 Å². The highest BCUT2D eigenvalue weighted by Crippen LogP contribution is 2.23. The molecule has 0 aliphatic heterocycles. The van der Waals surface area contributed by atoms with Crippen LogP contribution >= 0.6 is 0 Å². The fourth-order valence-corrected chi connectivity index (χ4v) is 2.76. The van der Waals surface area contributed by atoms with Crippen molar-refractivity contribution in [3.05, 3.63) is 88.1 Å². The highest BCUT2D eigenvalue weighted by atomic mass is 19.1. The van der Waals surface area contributed by atoms with E-state index in [2.05, 4.69) is 13.8 Å². The first-order valence-electron chi connectivity index (χ1n) is 10.7. The van der Waals surface area contributed by atoms with Crippen molar-refractivity contribution in [3.63, 3.8) is 0 Å². The molecule has 1 heterocycles. The smallest absolute Gasteiger partial charge is 0.338 e. The molecule has 0 saturated carbocycles. The third-order valence-electron chi connectivity index (χ3n) is 4.05. The number of halogens is 1. The summed E-state index contributed by atoms with van der Waals surface area (Å²) in [6.07, 6.45) is 2.95. The van der Waals surface area contributed by atoms with Gasteiger partial charge in [-0.1, -0.05) is 52.3 Å². The number of rotatable bonds is 4. The molecule has 0 aliphatic carbocycles. The summed E-state index contributed by atoms with van der Waals surface area (Å²) in [5.41, 5.74) is 3.13. The van der Waals surface area contributed by atoms with Crippen molar-refractivity contribution < 1.29 is 13.9 Å². The van der Waals surface area contributed by atoms with Crippen molar-refractivity contribution in [3.8, 4) is 16.8 Å². The Labute approximate surface area is 184 Å². The molecule has 1 aromatic heterocycles. The number of pyridine rings is 1. The van der Waals surface area contributed by atoms with Gasteiger partial charge in [-0.05, 0) is 55.3 Å². The molecule has 31 heavy (non-hydrogen) atoms. The van der Waals surface area contributed by atoms with E-state index < -0.39 is 5.97 Å². The van der Waals surface area contributed by atoms with E-state index in [-0.39, 0.29) is 18.0 Å². The molecular formula is C26H32FNO3. The Hall–Kier alpha value is -3.21. The van der Waals surface area contributed by atoms with Crippen LogP contribution in [0.2, 0.25) is 0 Å². The van der Waals surface area contributed by atoms with E-state index in [9.17, 15) is 14.0 Å². The number of carbonyl (C=O) groups excluding carboxylic acids is 1. The van der Waals surface area contributed by atoms with Crippen LogP contribution in [0.3, 0.4) is 0 Å². The van der Waals surface area contributed by atoms with Gasteiger partial charge in [-0.25, -0.2) is 9.18 Å². The zero-order chi connectivity index (χ0) is 23.4. The second-order valence-electron chi connectivity index (χ2n) is 6.56. The Morgan fingerprint density at radius 1 is 1.00 bits per heavy atom. The van der Waals surface area contributed by atoms with Crippen molar-refractivity contribution in [2.45, 2.75) is 48.0 Å². The summed E-state index contributed by atoms with van der Waals surface area (Å²) in [4.78, 5) is 24.4.